The molecule has 0 atom stereocenters. The third kappa shape index (κ3) is 1.24. The Labute approximate surface area is 76.6 Å². The number of pyridine rings is 1. The van der Waals surface area contributed by atoms with Gasteiger partial charge < -0.3 is 5.32 Å². The average molecular weight is 177 g/mol. The van der Waals surface area contributed by atoms with Crippen LogP contribution in [0, 0.1) is 6.92 Å². The highest BCUT2D eigenvalue weighted by molar-refractivity contribution is 5.92. The van der Waals surface area contributed by atoms with Crippen molar-refractivity contribution in [1.82, 2.24) is 10.3 Å². The standard InChI is InChI=1S/C9H11N3O/c1-6-3-4-7-5-10-9(13)12(2)8(7)11-6/h3-4H,5H2,1-2H3,(H,10,13). The van der Waals surface area contributed by atoms with E-state index in [9.17, 15) is 4.79 Å². The normalized spacial score (nSPS) is 15.2. The molecule has 0 aliphatic carbocycles. The average Bonchev–Trinajstić information content (AvgIpc) is 2.12. The summed E-state index contributed by atoms with van der Waals surface area (Å²) in [5, 5.41) is 2.75. The predicted octanol–water partition coefficient (Wildman–Crippen LogP) is 1.05. The van der Waals surface area contributed by atoms with Gasteiger partial charge in [0.2, 0.25) is 0 Å². The first-order valence-electron chi connectivity index (χ1n) is 4.16. The van der Waals surface area contributed by atoms with E-state index >= 15 is 0 Å². The van der Waals surface area contributed by atoms with Crippen LogP contribution in [0.25, 0.3) is 0 Å². The van der Waals surface area contributed by atoms with E-state index in [1.54, 1.807) is 7.05 Å². The van der Waals surface area contributed by atoms with Gasteiger partial charge in [0.25, 0.3) is 0 Å². The second kappa shape index (κ2) is 2.73. The number of carbonyl (C=O) groups excluding carboxylic acids is 1. The minimum absolute atomic E-state index is 0.0920. The molecule has 68 valence electrons. The van der Waals surface area contributed by atoms with Crippen molar-refractivity contribution in [3.05, 3.63) is 23.4 Å². The molecule has 0 saturated carbocycles. The molecule has 1 aliphatic rings. The van der Waals surface area contributed by atoms with Crippen LogP contribution in [0.3, 0.4) is 0 Å². The third-order valence-corrected chi connectivity index (χ3v) is 2.15. The van der Waals surface area contributed by atoms with Crippen molar-refractivity contribution >= 4 is 11.8 Å². The molecule has 0 bridgehead atoms. The number of carbonyl (C=O) groups is 1. The van der Waals surface area contributed by atoms with Gasteiger partial charge in [-0.05, 0) is 13.0 Å². The molecule has 0 fully saturated rings. The summed E-state index contributed by atoms with van der Waals surface area (Å²) in [7, 11) is 1.72. The van der Waals surface area contributed by atoms with Gasteiger partial charge in [0.15, 0.2) is 0 Å². The molecule has 1 N–H and O–H groups in total. The molecule has 13 heavy (non-hydrogen) atoms. The lowest BCUT2D eigenvalue weighted by Gasteiger charge is -2.25. The number of rotatable bonds is 0. The Hall–Kier alpha value is -1.58. The molecular formula is C9H11N3O. The Bertz CT molecular complexity index is 362. The van der Waals surface area contributed by atoms with E-state index in [1.807, 2.05) is 19.1 Å². The number of hydrogen-bond donors (Lipinski definition) is 1. The molecule has 1 aromatic rings. The smallest absolute Gasteiger partial charge is 0.323 e. The first-order chi connectivity index (χ1) is 6.18. The topological polar surface area (TPSA) is 45.2 Å². The van der Waals surface area contributed by atoms with Crippen molar-refractivity contribution in [2.45, 2.75) is 13.5 Å². The molecule has 0 saturated heterocycles. The zero-order valence-corrected chi connectivity index (χ0v) is 7.66. The lowest BCUT2D eigenvalue weighted by atomic mass is 10.2. The molecule has 1 aromatic heterocycles. The van der Waals surface area contributed by atoms with E-state index in [4.69, 9.17) is 0 Å². The van der Waals surface area contributed by atoms with Crippen molar-refractivity contribution < 1.29 is 4.79 Å². The van der Waals surface area contributed by atoms with Crippen molar-refractivity contribution in [2.24, 2.45) is 0 Å². The molecule has 2 heterocycles. The van der Waals surface area contributed by atoms with Crippen molar-refractivity contribution in [3.63, 3.8) is 0 Å². The number of aromatic nitrogens is 1. The highest BCUT2D eigenvalue weighted by Crippen LogP contribution is 2.20. The van der Waals surface area contributed by atoms with Gasteiger partial charge in [-0.15, -0.1) is 0 Å². The van der Waals surface area contributed by atoms with E-state index in [0.717, 1.165) is 17.1 Å². The molecule has 4 nitrogen and oxygen atoms in total. The van der Waals surface area contributed by atoms with Gasteiger partial charge in [-0.3, -0.25) is 4.90 Å². The molecule has 0 spiro atoms. The largest absolute Gasteiger partial charge is 0.333 e. The van der Waals surface area contributed by atoms with E-state index in [2.05, 4.69) is 10.3 Å². The number of hydrogen-bond acceptors (Lipinski definition) is 2. The molecule has 1 aliphatic heterocycles. The van der Waals surface area contributed by atoms with Gasteiger partial charge in [0.05, 0.1) is 0 Å². The summed E-state index contributed by atoms with van der Waals surface area (Å²) in [6.45, 7) is 2.49. The highest BCUT2D eigenvalue weighted by atomic mass is 16.2. The number of anilines is 1. The summed E-state index contributed by atoms with van der Waals surface area (Å²) in [6, 6.07) is 3.85. The predicted molar refractivity (Wildman–Crippen MR) is 49.6 cm³/mol. The first-order valence-corrected chi connectivity index (χ1v) is 4.16. The first kappa shape index (κ1) is 8.04. The van der Waals surface area contributed by atoms with E-state index < -0.39 is 0 Å². The van der Waals surface area contributed by atoms with Crippen LogP contribution in [0.15, 0.2) is 12.1 Å². The summed E-state index contributed by atoms with van der Waals surface area (Å²) in [5.41, 5.74) is 1.99. The fraction of sp³-hybridized carbons (Fsp3) is 0.333. The van der Waals surface area contributed by atoms with Crippen LogP contribution in [-0.4, -0.2) is 18.1 Å². The third-order valence-electron chi connectivity index (χ3n) is 2.15. The van der Waals surface area contributed by atoms with Gasteiger partial charge in [0, 0.05) is 24.8 Å². The maximum atomic E-state index is 11.2. The molecule has 0 unspecified atom stereocenters. The maximum Gasteiger partial charge on any atom is 0.323 e. The fourth-order valence-corrected chi connectivity index (χ4v) is 1.39. The summed E-state index contributed by atoms with van der Waals surface area (Å²) in [6.07, 6.45) is 0. The second-order valence-corrected chi connectivity index (χ2v) is 3.15. The second-order valence-electron chi connectivity index (χ2n) is 3.15. The SMILES string of the molecule is Cc1ccc2c(n1)N(C)C(=O)NC2. The maximum absolute atomic E-state index is 11.2. The summed E-state index contributed by atoms with van der Waals surface area (Å²) >= 11 is 0. The Morgan fingerprint density at radius 2 is 2.31 bits per heavy atom. The molecule has 0 radical (unpaired) electrons. The van der Waals surface area contributed by atoms with Gasteiger partial charge in [-0.25, -0.2) is 9.78 Å². The molecular weight excluding hydrogens is 166 g/mol. The summed E-state index contributed by atoms with van der Waals surface area (Å²) in [5.74, 6) is 0.767. The fourth-order valence-electron chi connectivity index (χ4n) is 1.39. The number of nitrogens with zero attached hydrogens (tertiary/aromatic N) is 2. The number of urea groups is 1. The molecule has 2 amide bonds. The minimum Gasteiger partial charge on any atom is -0.333 e. The Morgan fingerprint density at radius 3 is 3.08 bits per heavy atom. The van der Waals surface area contributed by atoms with E-state index in [1.165, 1.54) is 4.90 Å². The van der Waals surface area contributed by atoms with Crippen LogP contribution in [0.2, 0.25) is 0 Å². The lowest BCUT2D eigenvalue weighted by Crippen LogP contribution is -2.42. The quantitative estimate of drug-likeness (QED) is 0.643. The number of nitrogens with one attached hydrogen (secondary N) is 1. The van der Waals surface area contributed by atoms with Crippen molar-refractivity contribution in [1.29, 1.82) is 0 Å². The van der Waals surface area contributed by atoms with Crippen LogP contribution in [-0.2, 0) is 6.54 Å². The lowest BCUT2D eigenvalue weighted by molar-refractivity contribution is 0.245. The summed E-state index contributed by atoms with van der Waals surface area (Å²) in [4.78, 5) is 17.1. The zero-order chi connectivity index (χ0) is 9.42. The van der Waals surface area contributed by atoms with Crippen LogP contribution >= 0.6 is 0 Å². The number of amides is 2. The van der Waals surface area contributed by atoms with E-state index in [0.29, 0.717) is 6.54 Å². The van der Waals surface area contributed by atoms with Crippen molar-refractivity contribution in [2.75, 3.05) is 11.9 Å². The molecule has 2 rings (SSSR count). The van der Waals surface area contributed by atoms with Crippen LogP contribution in [0.1, 0.15) is 11.3 Å². The van der Waals surface area contributed by atoms with Crippen LogP contribution in [0.4, 0.5) is 10.6 Å². The van der Waals surface area contributed by atoms with Gasteiger partial charge in [-0.1, -0.05) is 6.07 Å². The van der Waals surface area contributed by atoms with Gasteiger partial charge >= 0.3 is 6.03 Å². The van der Waals surface area contributed by atoms with Crippen LogP contribution < -0.4 is 10.2 Å². The Morgan fingerprint density at radius 1 is 1.54 bits per heavy atom. The number of fused-ring (bicyclic) bond motifs is 1. The number of aryl methyl sites for hydroxylation is 1. The molecule has 0 aromatic carbocycles. The zero-order valence-electron chi connectivity index (χ0n) is 7.66. The molecule has 4 heteroatoms. The monoisotopic (exact) mass is 177 g/mol. The van der Waals surface area contributed by atoms with E-state index in [-0.39, 0.29) is 6.03 Å². The van der Waals surface area contributed by atoms with Crippen molar-refractivity contribution in [3.8, 4) is 0 Å². The Kier molecular flexibility index (Phi) is 1.69. The minimum atomic E-state index is -0.0920. The van der Waals surface area contributed by atoms with Gasteiger partial charge in [0.1, 0.15) is 5.82 Å². The summed E-state index contributed by atoms with van der Waals surface area (Å²) < 4.78 is 0. The highest BCUT2D eigenvalue weighted by Gasteiger charge is 2.20. The van der Waals surface area contributed by atoms with Gasteiger partial charge in [-0.2, -0.15) is 0 Å². The van der Waals surface area contributed by atoms with Crippen LogP contribution in [0.5, 0.6) is 0 Å². The Balaban J connectivity index is 2.51.